The summed E-state index contributed by atoms with van der Waals surface area (Å²) in [6.07, 6.45) is 3.14. The molecule has 25 heavy (non-hydrogen) atoms. The van der Waals surface area contributed by atoms with Crippen molar-refractivity contribution >= 4 is 21.6 Å². The van der Waals surface area contributed by atoms with Crippen molar-refractivity contribution in [1.82, 2.24) is 9.73 Å². The van der Waals surface area contributed by atoms with Crippen LogP contribution in [0.1, 0.15) is 45.1 Å². The van der Waals surface area contributed by atoms with Gasteiger partial charge < -0.3 is 0 Å². The second-order valence-electron chi connectivity index (χ2n) is 6.59. The molecule has 1 amide bonds. The predicted octanol–water partition coefficient (Wildman–Crippen LogP) is 2.69. The highest BCUT2D eigenvalue weighted by Crippen LogP contribution is 2.24. The van der Waals surface area contributed by atoms with E-state index in [1.54, 1.807) is 24.3 Å². The van der Waals surface area contributed by atoms with E-state index in [9.17, 15) is 13.2 Å². The number of carbonyl (C=O) groups is 1. The maximum Gasteiger partial charge on any atom is 0.244 e. The third-order valence-corrected chi connectivity index (χ3v) is 6.26. The van der Waals surface area contributed by atoms with Gasteiger partial charge in [0.05, 0.1) is 10.8 Å². The Labute approximate surface area is 150 Å². The van der Waals surface area contributed by atoms with E-state index in [-0.39, 0.29) is 23.3 Å². The number of aryl methyl sites for hydroxylation is 1. The van der Waals surface area contributed by atoms with Crippen molar-refractivity contribution in [3.05, 3.63) is 29.8 Å². The second kappa shape index (κ2) is 8.58. The minimum absolute atomic E-state index is 0.199. The molecule has 0 bridgehead atoms. The van der Waals surface area contributed by atoms with Gasteiger partial charge in [-0.1, -0.05) is 31.0 Å². The standard InChI is InChI=1S/C18H27N3O3S/c1-4-6-15(3)19-20-18(22)16-7-5-12-21(13-16)25(23,24)17-10-8-14(2)9-11-17/h8-11,16H,4-7,12-13H2,1-3H3,(H,20,22)/b19-15-/t16-/m1/s1. The first-order chi connectivity index (χ1) is 11.8. The average molecular weight is 365 g/mol. The highest BCUT2D eigenvalue weighted by Gasteiger charge is 2.33. The molecule has 1 atom stereocenters. The number of amides is 1. The SMILES string of the molecule is CCC/C(C)=N\NC(=O)[C@@H]1CCCN(S(=O)(=O)c2ccc(C)cc2)C1. The lowest BCUT2D eigenvalue weighted by Crippen LogP contribution is -2.44. The molecule has 138 valence electrons. The van der Waals surface area contributed by atoms with Gasteiger partial charge in [0.25, 0.3) is 0 Å². The molecule has 1 aromatic carbocycles. The number of hydrogen-bond acceptors (Lipinski definition) is 4. The van der Waals surface area contributed by atoms with E-state index in [0.717, 1.165) is 24.1 Å². The molecule has 1 heterocycles. The smallest absolute Gasteiger partial charge is 0.244 e. The molecule has 0 aromatic heterocycles. The van der Waals surface area contributed by atoms with Crippen molar-refractivity contribution in [2.45, 2.75) is 51.3 Å². The highest BCUT2D eigenvalue weighted by atomic mass is 32.2. The Hall–Kier alpha value is -1.73. The predicted molar refractivity (Wildman–Crippen MR) is 98.8 cm³/mol. The Kier molecular flexibility index (Phi) is 6.72. The van der Waals surface area contributed by atoms with Gasteiger partial charge in [-0.3, -0.25) is 4.79 Å². The Balaban J connectivity index is 2.06. The fraction of sp³-hybridized carbons (Fsp3) is 0.556. The van der Waals surface area contributed by atoms with Crippen LogP contribution in [0.4, 0.5) is 0 Å². The molecule has 0 spiro atoms. The van der Waals surface area contributed by atoms with Crippen LogP contribution >= 0.6 is 0 Å². The number of sulfonamides is 1. The Morgan fingerprint density at radius 1 is 1.32 bits per heavy atom. The Morgan fingerprint density at radius 2 is 2.00 bits per heavy atom. The zero-order valence-electron chi connectivity index (χ0n) is 15.2. The number of carbonyl (C=O) groups excluding carboxylic acids is 1. The van der Waals surface area contributed by atoms with E-state index in [1.807, 2.05) is 13.8 Å². The largest absolute Gasteiger partial charge is 0.273 e. The molecule has 1 aliphatic heterocycles. The molecule has 0 aliphatic carbocycles. The van der Waals surface area contributed by atoms with E-state index in [4.69, 9.17) is 0 Å². The Bertz CT molecular complexity index is 726. The number of hydrogen-bond donors (Lipinski definition) is 1. The number of benzene rings is 1. The molecule has 1 aliphatic rings. The van der Waals surface area contributed by atoms with Crippen molar-refractivity contribution in [1.29, 1.82) is 0 Å². The summed E-state index contributed by atoms with van der Waals surface area (Å²) in [7, 11) is -3.57. The maximum atomic E-state index is 12.8. The lowest BCUT2D eigenvalue weighted by molar-refractivity contribution is -0.126. The van der Waals surface area contributed by atoms with Gasteiger partial charge in [0.1, 0.15) is 0 Å². The van der Waals surface area contributed by atoms with Crippen LogP contribution in [0, 0.1) is 12.8 Å². The molecule has 0 radical (unpaired) electrons. The van der Waals surface area contributed by atoms with Gasteiger partial charge in [-0.25, -0.2) is 13.8 Å². The maximum absolute atomic E-state index is 12.8. The van der Waals surface area contributed by atoms with Crippen molar-refractivity contribution in [3.8, 4) is 0 Å². The van der Waals surface area contributed by atoms with Crippen LogP contribution in [0.2, 0.25) is 0 Å². The molecule has 0 unspecified atom stereocenters. The summed E-state index contributed by atoms with van der Waals surface area (Å²) in [5, 5.41) is 4.09. The molecule has 1 N–H and O–H groups in total. The summed E-state index contributed by atoms with van der Waals surface area (Å²) in [4.78, 5) is 12.6. The average Bonchev–Trinajstić information content (AvgIpc) is 2.60. The Morgan fingerprint density at radius 3 is 2.64 bits per heavy atom. The number of rotatable bonds is 6. The summed E-state index contributed by atoms with van der Waals surface area (Å²) in [6.45, 7) is 6.48. The summed E-state index contributed by atoms with van der Waals surface area (Å²) in [5.74, 6) is -0.577. The summed E-state index contributed by atoms with van der Waals surface area (Å²) < 4.78 is 27.0. The minimum Gasteiger partial charge on any atom is -0.273 e. The fourth-order valence-corrected chi connectivity index (χ4v) is 4.42. The van der Waals surface area contributed by atoms with Gasteiger partial charge in [0.15, 0.2) is 0 Å². The first kappa shape index (κ1) is 19.6. The number of piperidine rings is 1. The van der Waals surface area contributed by atoms with Gasteiger partial charge in [-0.2, -0.15) is 9.41 Å². The van der Waals surface area contributed by atoms with Gasteiger partial charge in [-0.05, 0) is 45.2 Å². The third kappa shape index (κ3) is 5.12. The van der Waals surface area contributed by atoms with Crippen molar-refractivity contribution in [2.24, 2.45) is 11.0 Å². The second-order valence-corrected chi connectivity index (χ2v) is 8.53. The van der Waals surface area contributed by atoms with Crippen LogP contribution in [0.5, 0.6) is 0 Å². The number of hydrazone groups is 1. The van der Waals surface area contributed by atoms with Gasteiger partial charge >= 0.3 is 0 Å². The van der Waals surface area contributed by atoms with Crippen molar-refractivity contribution in [3.63, 3.8) is 0 Å². The molecule has 1 saturated heterocycles. The van der Waals surface area contributed by atoms with Crippen LogP contribution in [-0.2, 0) is 14.8 Å². The molecule has 7 heteroatoms. The summed E-state index contributed by atoms with van der Waals surface area (Å²) in [6, 6.07) is 6.80. The van der Waals surface area contributed by atoms with E-state index >= 15 is 0 Å². The van der Waals surface area contributed by atoms with Crippen LogP contribution in [0.3, 0.4) is 0 Å². The fourth-order valence-electron chi connectivity index (χ4n) is 2.89. The van der Waals surface area contributed by atoms with Crippen LogP contribution in [-0.4, -0.2) is 37.4 Å². The van der Waals surface area contributed by atoms with E-state index < -0.39 is 10.0 Å². The van der Waals surface area contributed by atoms with Gasteiger partial charge in [0, 0.05) is 18.8 Å². The first-order valence-electron chi connectivity index (χ1n) is 8.74. The zero-order valence-corrected chi connectivity index (χ0v) is 16.0. The lowest BCUT2D eigenvalue weighted by Gasteiger charge is -2.30. The van der Waals surface area contributed by atoms with Crippen LogP contribution < -0.4 is 5.43 Å². The van der Waals surface area contributed by atoms with Crippen molar-refractivity contribution in [2.75, 3.05) is 13.1 Å². The molecular formula is C18H27N3O3S. The van der Waals surface area contributed by atoms with Gasteiger partial charge in [0.2, 0.25) is 15.9 Å². The lowest BCUT2D eigenvalue weighted by atomic mass is 9.99. The molecule has 1 fully saturated rings. The van der Waals surface area contributed by atoms with Crippen molar-refractivity contribution < 1.29 is 13.2 Å². The molecular weight excluding hydrogens is 338 g/mol. The quantitative estimate of drug-likeness (QED) is 0.622. The summed E-state index contributed by atoms with van der Waals surface area (Å²) >= 11 is 0. The highest BCUT2D eigenvalue weighted by molar-refractivity contribution is 7.89. The first-order valence-corrected chi connectivity index (χ1v) is 10.2. The monoisotopic (exact) mass is 365 g/mol. The molecule has 6 nitrogen and oxygen atoms in total. The van der Waals surface area contributed by atoms with E-state index in [0.29, 0.717) is 19.4 Å². The summed E-state index contributed by atoms with van der Waals surface area (Å²) in [5.41, 5.74) is 4.46. The number of nitrogens with zero attached hydrogens (tertiary/aromatic N) is 2. The van der Waals surface area contributed by atoms with Crippen LogP contribution in [0.25, 0.3) is 0 Å². The normalized spacial score (nSPS) is 19.6. The van der Waals surface area contributed by atoms with Crippen LogP contribution in [0.15, 0.2) is 34.3 Å². The zero-order chi connectivity index (χ0) is 18.4. The topological polar surface area (TPSA) is 78.8 Å². The molecule has 0 saturated carbocycles. The van der Waals surface area contributed by atoms with E-state index in [1.165, 1.54) is 4.31 Å². The minimum atomic E-state index is -3.57. The van der Waals surface area contributed by atoms with Gasteiger partial charge in [-0.15, -0.1) is 0 Å². The molecule has 2 rings (SSSR count). The number of nitrogens with one attached hydrogen (secondary N) is 1. The molecule has 1 aromatic rings. The third-order valence-electron chi connectivity index (χ3n) is 4.38. The van der Waals surface area contributed by atoms with E-state index in [2.05, 4.69) is 17.5 Å².